The molecule has 0 unspecified atom stereocenters. The molecule has 0 radical (unpaired) electrons. The van der Waals surface area contributed by atoms with Crippen LogP contribution in [-0.4, -0.2) is 21.0 Å². The minimum Gasteiger partial charge on any atom is -0.481 e. The minimum absolute atomic E-state index is 0.172. The summed E-state index contributed by atoms with van der Waals surface area (Å²) in [6.45, 7) is 0. The Morgan fingerprint density at radius 2 is 2.31 bits per heavy atom. The Kier molecular flexibility index (Phi) is 1.76. The highest BCUT2D eigenvalue weighted by molar-refractivity contribution is 5.69. The summed E-state index contributed by atoms with van der Waals surface area (Å²) in [5, 5.41) is 8.70. The molecular formula is C9H10N2O2. The zero-order chi connectivity index (χ0) is 9.31. The smallest absolute Gasteiger partial charge is 0.304 e. The van der Waals surface area contributed by atoms with E-state index in [0.717, 1.165) is 18.5 Å². The first kappa shape index (κ1) is 8.16. The fourth-order valence-electron chi connectivity index (χ4n) is 1.54. The summed E-state index contributed by atoms with van der Waals surface area (Å²) in [5.41, 5.74) is 0.609. The molecule has 2 rings (SSSR count). The molecule has 0 aliphatic heterocycles. The lowest BCUT2D eigenvalue weighted by Crippen LogP contribution is -2.14. The van der Waals surface area contributed by atoms with Crippen molar-refractivity contribution in [3.8, 4) is 0 Å². The number of carboxylic acids is 1. The molecule has 0 bridgehead atoms. The van der Waals surface area contributed by atoms with E-state index in [4.69, 9.17) is 5.11 Å². The van der Waals surface area contributed by atoms with Crippen LogP contribution in [0.3, 0.4) is 0 Å². The predicted molar refractivity (Wildman–Crippen MR) is 45.2 cm³/mol. The highest BCUT2D eigenvalue weighted by Crippen LogP contribution is 2.49. The van der Waals surface area contributed by atoms with Crippen LogP contribution in [0.1, 0.15) is 25.0 Å². The maximum atomic E-state index is 10.6. The van der Waals surface area contributed by atoms with Gasteiger partial charge < -0.3 is 5.11 Å². The van der Waals surface area contributed by atoms with Gasteiger partial charge in [0.2, 0.25) is 0 Å². The second-order valence-corrected chi connectivity index (χ2v) is 3.44. The van der Waals surface area contributed by atoms with Crippen LogP contribution in [0.4, 0.5) is 0 Å². The van der Waals surface area contributed by atoms with Gasteiger partial charge in [-0.2, -0.15) is 0 Å². The fourth-order valence-corrected chi connectivity index (χ4v) is 1.54. The predicted octanol–water partition coefficient (Wildman–Crippen LogP) is 0.983. The van der Waals surface area contributed by atoms with Gasteiger partial charge in [0, 0.05) is 24.0 Å². The van der Waals surface area contributed by atoms with Crippen molar-refractivity contribution in [3.63, 3.8) is 0 Å². The standard InChI is InChI=1S/C9H10N2O2/c12-8(13)5-9(1-2-9)7-6-10-3-4-11-7/h3-4,6H,1-2,5H2,(H,12,13). The molecule has 0 atom stereocenters. The molecule has 0 amide bonds. The van der Waals surface area contributed by atoms with Crippen molar-refractivity contribution in [1.29, 1.82) is 0 Å². The van der Waals surface area contributed by atoms with Crippen LogP contribution < -0.4 is 0 Å². The number of hydrogen-bond donors (Lipinski definition) is 1. The third kappa shape index (κ3) is 1.52. The van der Waals surface area contributed by atoms with E-state index in [1.165, 1.54) is 0 Å². The zero-order valence-electron chi connectivity index (χ0n) is 7.10. The Labute approximate surface area is 75.6 Å². The minimum atomic E-state index is -0.761. The summed E-state index contributed by atoms with van der Waals surface area (Å²) < 4.78 is 0. The summed E-state index contributed by atoms with van der Waals surface area (Å²) in [4.78, 5) is 18.7. The van der Waals surface area contributed by atoms with E-state index in [0.29, 0.717) is 0 Å². The molecule has 0 saturated heterocycles. The van der Waals surface area contributed by atoms with Gasteiger partial charge in [-0.1, -0.05) is 0 Å². The highest BCUT2D eigenvalue weighted by atomic mass is 16.4. The first-order chi connectivity index (χ1) is 6.23. The summed E-state index contributed by atoms with van der Waals surface area (Å²) in [6.07, 6.45) is 6.87. The van der Waals surface area contributed by atoms with Gasteiger partial charge in [-0.05, 0) is 12.8 Å². The number of nitrogens with zero attached hydrogens (tertiary/aromatic N) is 2. The van der Waals surface area contributed by atoms with Crippen molar-refractivity contribution in [1.82, 2.24) is 9.97 Å². The number of aliphatic carboxylic acids is 1. The van der Waals surface area contributed by atoms with Gasteiger partial charge in [-0.15, -0.1) is 0 Å². The monoisotopic (exact) mass is 178 g/mol. The Hall–Kier alpha value is -1.45. The number of rotatable bonds is 3. The van der Waals surface area contributed by atoms with Crippen LogP contribution in [-0.2, 0) is 10.2 Å². The first-order valence-corrected chi connectivity index (χ1v) is 4.21. The third-order valence-electron chi connectivity index (χ3n) is 2.45. The molecule has 0 spiro atoms. The Morgan fingerprint density at radius 3 is 2.77 bits per heavy atom. The van der Waals surface area contributed by atoms with Crippen LogP contribution in [0.2, 0.25) is 0 Å². The molecule has 1 heterocycles. The van der Waals surface area contributed by atoms with Gasteiger partial charge in [0.1, 0.15) is 0 Å². The Balaban J connectivity index is 2.21. The lowest BCUT2D eigenvalue weighted by Gasteiger charge is -2.09. The van der Waals surface area contributed by atoms with Crippen molar-refractivity contribution >= 4 is 5.97 Å². The van der Waals surface area contributed by atoms with Crippen molar-refractivity contribution in [2.45, 2.75) is 24.7 Å². The summed E-state index contributed by atoms with van der Waals surface area (Å²) in [6, 6.07) is 0. The van der Waals surface area contributed by atoms with Crippen LogP contribution in [0, 0.1) is 0 Å². The van der Waals surface area contributed by atoms with Crippen LogP contribution in [0.5, 0.6) is 0 Å². The van der Waals surface area contributed by atoms with Gasteiger partial charge in [0.15, 0.2) is 0 Å². The molecule has 1 N–H and O–H groups in total. The molecule has 1 fully saturated rings. The van der Waals surface area contributed by atoms with Crippen molar-refractivity contribution in [3.05, 3.63) is 24.3 Å². The molecular weight excluding hydrogens is 168 g/mol. The van der Waals surface area contributed by atoms with Crippen molar-refractivity contribution in [2.75, 3.05) is 0 Å². The second kappa shape index (κ2) is 2.80. The van der Waals surface area contributed by atoms with E-state index in [1.54, 1.807) is 18.6 Å². The normalized spacial score (nSPS) is 18.2. The molecule has 13 heavy (non-hydrogen) atoms. The van der Waals surface area contributed by atoms with Gasteiger partial charge in [-0.3, -0.25) is 14.8 Å². The largest absolute Gasteiger partial charge is 0.481 e. The van der Waals surface area contributed by atoms with Gasteiger partial charge >= 0.3 is 5.97 Å². The van der Waals surface area contributed by atoms with Crippen molar-refractivity contribution in [2.24, 2.45) is 0 Å². The van der Waals surface area contributed by atoms with E-state index in [9.17, 15) is 4.79 Å². The third-order valence-corrected chi connectivity index (χ3v) is 2.45. The topological polar surface area (TPSA) is 63.1 Å². The molecule has 1 aliphatic carbocycles. The second-order valence-electron chi connectivity index (χ2n) is 3.44. The molecule has 1 aromatic heterocycles. The van der Waals surface area contributed by atoms with Crippen LogP contribution in [0.15, 0.2) is 18.6 Å². The van der Waals surface area contributed by atoms with Gasteiger partial charge in [0.25, 0.3) is 0 Å². The number of aromatic nitrogens is 2. The highest BCUT2D eigenvalue weighted by Gasteiger charge is 2.47. The maximum Gasteiger partial charge on any atom is 0.304 e. The Morgan fingerprint density at radius 1 is 1.54 bits per heavy atom. The number of carbonyl (C=O) groups is 1. The SMILES string of the molecule is O=C(O)CC1(c2cnccn2)CC1. The summed E-state index contributed by atoms with van der Waals surface area (Å²) >= 11 is 0. The summed E-state index contributed by atoms with van der Waals surface area (Å²) in [7, 11) is 0. The molecule has 4 heteroatoms. The van der Waals surface area contributed by atoms with Crippen molar-refractivity contribution < 1.29 is 9.90 Å². The van der Waals surface area contributed by atoms with Gasteiger partial charge in [-0.25, -0.2) is 0 Å². The average Bonchev–Trinajstić information content (AvgIpc) is 2.86. The number of hydrogen-bond acceptors (Lipinski definition) is 3. The molecule has 4 nitrogen and oxygen atoms in total. The van der Waals surface area contributed by atoms with E-state index < -0.39 is 5.97 Å². The van der Waals surface area contributed by atoms with E-state index in [2.05, 4.69) is 9.97 Å². The van der Waals surface area contributed by atoms with Crippen LogP contribution in [0.25, 0.3) is 0 Å². The lowest BCUT2D eigenvalue weighted by molar-refractivity contribution is -0.137. The molecule has 0 aromatic carbocycles. The first-order valence-electron chi connectivity index (χ1n) is 4.21. The molecule has 1 saturated carbocycles. The molecule has 1 aliphatic rings. The fraction of sp³-hybridized carbons (Fsp3) is 0.444. The Bertz CT molecular complexity index is 320. The van der Waals surface area contributed by atoms with E-state index in [1.807, 2.05) is 0 Å². The van der Waals surface area contributed by atoms with E-state index in [-0.39, 0.29) is 11.8 Å². The zero-order valence-corrected chi connectivity index (χ0v) is 7.10. The molecule has 68 valence electrons. The molecule has 1 aromatic rings. The quantitative estimate of drug-likeness (QED) is 0.749. The average molecular weight is 178 g/mol. The summed E-state index contributed by atoms with van der Waals surface area (Å²) in [5.74, 6) is -0.761. The number of carboxylic acid groups (broad SMARTS) is 1. The van der Waals surface area contributed by atoms with Crippen LogP contribution >= 0.6 is 0 Å². The van der Waals surface area contributed by atoms with Gasteiger partial charge in [0.05, 0.1) is 12.1 Å². The lowest BCUT2D eigenvalue weighted by atomic mass is 9.99. The van der Waals surface area contributed by atoms with E-state index >= 15 is 0 Å². The maximum absolute atomic E-state index is 10.6.